The lowest BCUT2D eigenvalue weighted by atomic mass is 10.2. The van der Waals surface area contributed by atoms with E-state index in [0.29, 0.717) is 6.07 Å². The van der Waals surface area contributed by atoms with Gasteiger partial charge in [-0.25, -0.2) is 4.79 Å². The summed E-state index contributed by atoms with van der Waals surface area (Å²) < 4.78 is 44.2. The van der Waals surface area contributed by atoms with E-state index in [1.165, 1.54) is 0 Å². The van der Waals surface area contributed by atoms with Gasteiger partial charge >= 0.3 is 18.3 Å². The standard InChI is InChI=1S/C10H7F3O5/c1-5(14)17-6-2-3-7(9(15)16)8(4-6)18-10(11,12)13/h2-4H,1H3,(H,15,16). The van der Waals surface area contributed by atoms with Gasteiger partial charge in [0.05, 0.1) is 0 Å². The van der Waals surface area contributed by atoms with Crippen molar-refractivity contribution in [2.45, 2.75) is 13.3 Å². The molecule has 1 aromatic rings. The summed E-state index contributed by atoms with van der Waals surface area (Å²) in [7, 11) is 0. The maximum Gasteiger partial charge on any atom is 0.573 e. The third kappa shape index (κ3) is 3.96. The van der Waals surface area contributed by atoms with Crippen molar-refractivity contribution in [1.82, 2.24) is 0 Å². The Morgan fingerprint density at radius 2 is 1.89 bits per heavy atom. The topological polar surface area (TPSA) is 72.8 Å². The highest BCUT2D eigenvalue weighted by Gasteiger charge is 2.33. The number of rotatable bonds is 3. The summed E-state index contributed by atoms with van der Waals surface area (Å²) in [6.07, 6.45) is -5.04. The Hall–Kier alpha value is -2.25. The van der Waals surface area contributed by atoms with E-state index in [9.17, 15) is 22.8 Å². The smallest absolute Gasteiger partial charge is 0.478 e. The third-order valence-electron chi connectivity index (χ3n) is 1.67. The van der Waals surface area contributed by atoms with Crippen molar-refractivity contribution in [1.29, 1.82) is 0 Å². The molecule has 0 aromatic heterocycles. The number of alkyl halides is 3. The summed E-state index contributed by atoms with van der Waals surface area (Å²) >= 11 is 0. The Kier molecular flexibility index (Phi) is 3.79. The van der Waals surface area contributed by atoms with Crippen molar-refractivity contribution in [2.75, 3.05) is 0 Å². The zero-order valence-corrected chi connectivity index (χ0v) is 8.95. The van der Waals surface area contributed by atoms with E-state index in [1.807, 2.05) is 0 Å². The van der Waals surface area contributed by atoms with Crippen LogP contribution in [-0.4, -0.2) is 23.4 Å². The number of hydrogen-bond donors (Lipinski definition) is 1. The molecule has 1 N–H and O–H groups in total. The second-order valence-corrected chi connectivity index (χ2v) is 3.10. The minimum absolute atomic E-state index is 0.244. The number of halogens is 3. The van der Waals surface area contributed by atoms with Crippen LogP contribution in [0.4, 0.5) is 13.2 Å². The van der Waals surface area contributed by atoms with Crippen molar-refractivity contribution in [3.05, 3.63) is 23.8 Å². The summed E-state index contributed by atoms with van der Waals surface area (Å²) in [5, 5.41) is 8.68. The number of carboxylic acids is 1. The minimum Gasteiger partial charge on any atom is -0.478 e. The molecule has 1 rings (SSSR count). The lowest BCUT2D eigenvalue weighted by molar-refractivity contribution is -0.274. The molecule has 0 saturated heterocycles. The van der Waals surface area contributed by atoms with Gasteiger partial charge in [0, 0.05) is 13.0 Å². The Morgan fingerprint density at radius 1 is 1.28 bits per heavy atom. The Labute approximate surface area is 98.7 Å². The Balaban J connectivity index is 3.15. The van der Waals surface area contributed by atoms with Crippen LogP contribution >= 0.6 is 0 Å². The number of aromatic carboxylic acids is 1. The first-order valence-corrected chi connectivity index (χ1v) is 4.50. The van der Waals surface area contributed by atoms with Gasteiger partial charge in [0.2, 0.25) is 0 Å². The molecule has 8 heteroatoms. The highest BCUT2D eigenvalue weighted by atomic mass is 19.4. The molecule has 1 aromatic carbocycles. The monoisotopic (exact) mass is 264 g/mol. The lowest BCUT2D eigenvalue weighted by Crippen LogP contribution is -2.19. The van der Waals surface area contributed by atoms with E-state index in [-0.39, 0.29) is 5.75 Å². The summed E-state index contributed by atoms with van der Waals surface area (Å²) in [4.78, 5) is 21.3. The van der Waals surface area contributed by atoms with Crippen molar-refractivity contribution >= 4 is 11.9 Å². The van der Waals surface area contributed by atoms with Crippen LogP contribution in [-0.2, 0) is 4.79 Å². The maximum absolute atomic E-state index is 12.1. The molecular weight excluding hydrogens is 257 g/mol. The third-order valence-corrected chi connectivity index (χ3v) is 1.67. The van der Waals surface area contributed by atoms with Gasteiger partial charge in [-0.1, -0.05) is 0 Å². The normalized spacial score (nSPS) is 10.9. The SMILES string of the molecule is CC(=O)Oc1ccc(C(=O)O)c(OC(F)(F)F)c1. The molecule has 0 radical (unpaired) electrons. The second kappa shape index (κ2) is 4.94. The number of carbonyl (C=O) groups is 2. The summed E-state index contributed by atoms with van der Waals surface area (Å²) in [5.74, 6) is -3.54. The molecule has 5 nitrogen and oxygen atoms in total. The molecule has 98 valence electrons. The quantitative estimate of drug-likeness (QED) is 0.669. The summed E-state index contributed by atoms with van der Waals surface area (Å²) in [6.45, 7) is 1.05. The zero-order chi connectivity index (χ0) is 13.9. The predicted octanol–water partition coefficient (Wildman–Crippen LogP) is 2.21. The fourth-order valence-electron chi connectivity index (χ4n) is 1.12. The number of carbonyl (C=O) groups excluding carboxylic acids is 1. The molecule has 0 saturated carbocycles. The first-order valence-electron chi connectivity index (χ1n) is 4.50. The summed E-state index contributed by atoms with van der Waals surface area (Å²) in [6, 6.07) is 2.58. The molecule has 0 bridgehead atoms. The zero-order valence-electron chi connectivity index (χ0n) is 8.95. The minimum atomic E-state index is -5.04. The van der Waals surface area contributed by atoms with Crippen molar-refractivity contribution in [3.8, 4) is 11.5 Å². The van der Waals surface area contributed by atoms with Crippen LogP contribution in [0.2, 0.25) is 0 Å². The van der Waals surface area contributed by atoms with Crippen LogP contribution in [0.3, 0.4) is 0 Å². The van der Waals surface area contributed by atoms with Crippen LogP contribution in [0.1, 0.15) is 17.3 Å². The van der Waals surface area contributed by atoms with Crippen LogP contribution in [0.25, 0.3) is 0 Å². The molecule has 0 aliphatic heterocycles. The van der Waals surface area contributed by atoms with E-state index in [4.69, 9.17) is 5.11 Å². The van der Waals surface area contributed by atoms with E-state index in [1.54, 1.807) is 0 Å². The molecule has 0 aliphatic carbocycles. The largest absolute Gasteiger partial charge is 0.573 e. The number of carboxylic acid groups (broad SMARTS) is 1. The maximum atomic E-state index is 12.1. The van der Waals surface area contributed by atoms with Gasteiger partial charge in [-0.2, -0.15) is 0 Å². The fourth-order valence-corrected chi connectivity index (χ4v) is 1.12. The van der Waals surface area contributed by atoms with Crippen LogP contribution < -0.4 is 9.47 Å². The number of hydrogen-bond acceptors (Lipinski definition) is 4. The first kappa shape index (κ1) is 13.8. The number of esters is 1. The molecule has 0 spiro atoms. The van der Waals surface area contributed by atoms with Gasteiger partial charge in [-0.3, -0.25) is 4.79 Å². The first-order chi connectivity index (χ1) is 8.19. The number of benzene rings is 1. The molecular formula is C10H7F3O5. The van der Waals surface area contributed by atoms with Gasteiger partial charge < -0.3 is 14.6 Å². The molecule has 0 heterocycles. The Morgan fingerprint density at radius 3 is 2.33 bits per heavy atom. The summed E-state index contributed by atoms with van der Waals surface area (Å²) in [5.41, 5.74) is -0.691. The highest BCUT2D eigenvalue weighted by Crippen LogP contribution is 2.30. The van der Waals surface area contributed by atoms with Crippen molar-refractivity contribution < 1.29 is 37.3 Å². The van der Waals surface area contributed by atoms with Gasteiger partial charge in [0.1, 0.15) is 17.1 Å². The fraction of sp³-hybridized carbons (Fsp3) is 0.200. The van der Waals surface area contributed by atoms with E-state index in [0.717, 1.165) is 19.1 Å². The molecule has 18 heavy (non-hydrogen) atoms. The molecule has 0 fully saturated rings. The lowest BCUT2D eigenvalue weighted by Gasteiger charge is -2.12. The molecule has 0 unspecified atom stereocenters. The van der Waals surface area contributed by atoms with Crippen molar-refractivity contribution in [3.63, 3.8) is 0 Å². The predicted molar refractivity (Wildman–Crippen MR) is 51.4 cm³/mol. The number of ether oxygens (including phenoxy) is 2. The van der Waals surface area contributed by atoms with Crippen LogP contribution in [0.5, 0.6) is 11.5 Å². The van der Waals surface area contributed by atoms with Gasteiger partial charge in [-0.15, -0.1) is 13.2 Å². The highest BCUT2D eigenvalue weighted by molar-refractivity contribution is 5.91. The van der Waals surface area contributed by atoms with Crippen LogP contribution in [0.15, 0.2) is 18.2 Å². The van der Waals surface area contributed by atoms with Gasteiger partial charge in [0.25, 0.3) is 0 Å². The molecule has 0 aliphatic rings. The average Bonchev–Trinajstić information content (AvgIpc) is 2.13. The van der Waals surface area contributed by atoms with Crippen LogP contribution in [0, 0.1) is 0 Å². The van der Waals surface area contributed by atoms with E-state index < -0.39 is 29.6 Å². The van der Waals surface area contributed by atoms with E-state index in [2.05, 4.69) is 9.47 Å². The second-order valence-electron chi connectivity index (χ2n) is 3.10. The molecule has 0 atom stereocenters. The van der Waals surface area contributed by atoms with Gasteiger partial charge in [0.15, 0.2) is 0 Å². The van der Waals surface area contributed by atoms with E-state index >= 15 is 0 Å². The average molecular weight is 264 g/mol. The Bertz CT molecular complexity index is 481. The van der Waals surface area contributed by atoms with Crippen molar-refractivity contribution in [2.24, 2.45) is 0 Å². The molecule has 0 amide bonds. The van der Waals surface area contributed by atoms with Gasteiger partial charge in [-0.05, 0) is 12.1 Å².